The molecule has 1 unspecified atom stereocenters. The molecule has 0 radical (unpaired) electrons. The maximum atomic E-state index is 11.8. The van der Waals surface area contributed by atoms with Crippen molar-refractivity contribution in [1.82, 2.24) is 5.32 Å². The van der Waals surface area contributed by atoms with Gasteiger partial charge >= 0.3 is 5.97 Å². The molecule has 0 saturated carbocycles. The molecule has 1 amide bonds. The van der Waals surface area contributed by atoms with Crippen LogP contribution in [0.25, 0.3) is 0 Å². The topological polar surface area (TPSA) is 66.4 Å². The lowest BCUT2D eigenvalue weighted by atomic mass is 10.1. The SMILES string of the molecule is CC(CCC(=O)O)CNC(=O)c1ccc(Br)c(Cl)c1. The van der Waals surface area contributed by atoms with Gasteiger partial charge in [-0.2, -0.15) is 0 Å². The molecule has 0 bridgehead atoms. The van der Waals surface area contributed by atoms with Gasteiger partial charge in [-0.25, -0.2) is 0 Å². The van der Waals surface area contributed by atoms with Gasteiger partial charge in [0, 0.05) is 23.0 Å². The van der Waals surface area contributed by atoms with Crippen molar-refractivity contribution in [3.8, 4) is 0 Å². The van der Waals surface area contributed by atoms with Crippen molar-refractivity contribution in [2.45, 2.75) is 19.8 Å². The fourth-order valence-electron chi connectivity index (χ4n) is 1.48. The largest absolute Gasteiger partial charge is 0.481 e. The number of hydrogen-bond donors (Lipinski definition) is 2. The molecule has 2 N–H and O–H groups in total. The maximum Gasteiger partial charge on any atom is 0.303 e. The van der Waals surface area contributed by atoms with Crippen molar-refractivity contribution < 1.29 is 14.7 Å². The number of aliphatic carboxylic acids is 1. The number of carboxylic acid groups (broad SMARTS) is 1. The summed E-state index contributed by atoms with van der Waals surface area (Å²) < 4.78 is 0.737. The minimum Gasteiger partial charge on any atom is -0.481 e. The molecule has 0 fully saturated rings. The highest BCUT2D eigenvalue weighted by Gasteiger charge is 2.10. The second kappa shape index (κ2) is 7.50. The number of carbonyl (C=O) groups is 2. The lowest BCUT2D eigenvalue weighted by Crippen LogP contribution is -2.28. The van der Waals surface area contributed by atoms with E-state index in [1.165, 1.54) is 0 Å². The molecular formula is C13H15BrClNO3. The summed E-state index contributed by atoms with van der Waals surface area (Å²) in [6.45, 7) is 2.34. The first-order valence-corrected chi connectivity index (χ1v) is 7.02. The van der Waals surface area contributed by atoms with Gasteiger partial charge in [-0.3, -0.25) is 9.59 Å². The van der Waals surface area contributed by atoms with E-state index in [0.29, 0.717) is 23.6 Å². The summed E-state index contributed by atoms with van der Waals surface area (Å²) in [6, 6.07) is 4.97. The first kappa shape index (κ1) is 16.0. The number of halogens is 2. The van der Waals surface area contributed by atoms with Gasteiger partial charge < -0.3 is 10.4 Å². The molecule has 1 aromatic carbocycles. The third-order valence-electron chi connectivity index (χ3n) is 2.64. The Kier molecular flexibility index (Phi) is 6.31. The van der Waals surface area contributed by atoms with E-state index in [1.807, 2.05) is 6.92 Å². The van der Waals surface area contributed by atoms with Gasteiger partial charge in [-0.05, 0) is 46.5 Å². The zero-order valence-electron chi connectivity index (χ0n) is 10.5. The number of nitrogens with one attached hydrogen (secondary N) is 1. The van der Waals surface area contributed by atoms with Crippen LogP contribution in [0, 0.1) is 5.92 Å². The minimum atomic E-state index is -0.821. The monoisotopic (exact) mass is 347 g/mol. The molecule has 0 aliphatic rings. The number of carbonyl (C=O) groups excluding carboxylic acids is 1. The Morgan fingerprint density at radius 1 is 1.47 bits per heavy atom. The Morgan fingerprint density at radius 2 is 2.16 bits per heavy atom. The van der Waals surface area contributed by atoms with Crippen LogP contribution in [0.15, 0.2) is 22.7 Å². The van der Waals surface area contributed by atoms with E-state index in [9.17, 15) is 9.59 Å². The molecule has 0 saturated heterocycles. The average molecular weight is 349 g/mol. The summed E-state index contributed by atoms with van der Waals surface area (Å²) in [5, 5.41) is 11.8. The molecular weight excluding hydrogens is 334 g/mol. The predicted octanol–water partition coefficient (Wildman–Crippen LogP) is 3.33. The van der Waals surface area contributed by atoms with Crippen LogP contribution in [0.5, 0.6) is 0 Å². The van der Waals surface area contributed by atoms with Crippen LogP contribution in [0.3, 0.4) is 0 Å². The third kappa shape index (κ3) is 5.61. The lowest BCUT2D eigenvalue weighted by Gasteiger charge is -2.11. The molecule has 1 aromatic rings. The van der Waals surface area contributed by atoms with Gasteiger partial charge in [-0.15, -0.1) is 0 Å². The van der Waals surface area contributed by atoms with Crippen molar-refractivity contribution in [3.63, 3.8) is 0 Å². The normalized spacial score (nSPS) is 11.9. The highest BCUT2D eigenvalue weighted by atomic mass is 79.9. The zero-order valence-corrected chi connectivity index (χ0v) is 12.8. The summed E-state index contributed by atoms with van der Waals surface area (Å²) in [7, 11) is 0. The van der Waals surface area contributed by atoms with E-state index in [0.717, 1.165) is 4.47 Å². The summed E-state index contributed by atoms with van der Waals surface area (Å²) in [5.74, 6) is -0.916. The zero-order chi connectivity index (χ0) is 14.4. The summed E-state index contributed by atoms with van der Waals surface area (Å²) in [5.41, 5.74) is 0.485. The molecule has 6 heteroatoms. The summed E-state index contributed by atoms with van der Waals surface area (Å²) in [4.78, 5) is 22.3. The molecule has 4 nitrogen and oxygen atoms in total. The van der Waals surface area contributed by atoms with Gasteiger partial charge in [0.15, 0.2) is 0 Å². The first-order valence-electron chi connectivity index (χ1n) is 5.85. The lowest BCUT2D eigenvalue weighted by molar-refractivity contribution is -0.137. The molecule has 19 heavy (non-hydrogen) atoms. The second-order valence-electron chi connectivity index (χ2n) is 4.38. The van der Waals surface area contributed by atoms with E-state index >= 15 is 0 Å². The number of rotatable bonds is 6. The van der Waals surface area contributed by atoms with Gasteiger partial charge in [0.2, 0.25) is 0 Å². The van der Waals surface area contributed by atoms with Crippen LogP contribution in [0.2, 0.25) is 5.02 Å². The van der Waals surface area contributed by atoms with Crippen LogP contribution in [0.1, 0.15) is 30.1 Å². The molecule has 0 heterocycles. The van der Waals surface area contributed by atoms with Gasteiger partial charge in [0.05, 0.1) is 5.02 Å². The average Bonchev–Trinajstić information content (AvgIpc) is 2.36. The highest BCUT2D eigenvalue weighted by Crippen LogP contribution is 2.23. The predicted molar refractivity (Wildman–Crippen MR) is 77.5 cm³/mol. The van der Waals surface area contributed by atoms with Gasteiger partial charge in [-0.1, -0.05) is 18.5 Å². The van der Waals surface area contributed by atoms with E-state index in [4.69, 9.17) is 16.7 Å². The van der Waals surface area contributed by atoms with Crippen LogP contribution < -0.4 is 5.32 Å². The number of carboxylic acids is 1. The van der Waals surface area contributed by atoms with Crippen LogP contribution in [-0.2, 0) is 4.79 Å². The Bertz CT molecular complexity index is 479. The minimum absolute atomic E-state index is 0.112. The van der Waals surface area contributed by atoms with E-state index in [-0.39, 0.29) is 18.2 Å². The summed E-state index contributed by atoms with van der Waals surface area (Å²) >= 11 is 9.17. The fraction of sp³-hybridized carbons (Fsp3) is 0.385. The number of amides is 1. The van der Waals surface area contributed by atoms with Crippen molar-refractivity contribution >= 4 is 39.4 Å². The van der Waals surface area contributed by atoms with Crippen molar-refractivity contribution in [2.75, 3.05) is 6.54 Å². The summed E-state index contributed by atoms with van der Waals surface area (Å²) in [6.07, 6.45) is 0.651. The first-order chi connectivity index (χ1) is 8.90. The van der Waals surface area contributed by atoms with Crippen molar-refractivity contribution in [3.05, 3.63) is 33.3 Å². The van der Waals surface area contributed by atoms with Crippen LogP contribution in [0.4, 0.5) is 0 Å². The molecule has 0 spiro atoms. The standard InChI is InChI=1S/C13H15BrClNO3/c1-8(2-5-12(17)18)7-16-13(19)9-3-4-10(14)11(15)6-9/h3-4,6,8H,2,5,7H2,1H3,(H,16,19)(H,17,18). The third-order valence-corrected chi connectivity index (χ3v) is 3.88. The maximum absolute atomic E-state index is 11.8. The number of benzene rings is 1. The second-order valence-corrected chi connectivity index (χ2v) is 5.64. The van der Waals surface area contributed by atoms with E-state index in [2.05, 4.69) is 21.2 Å². The van der Waals surface area contributed by atoms with Gasteiger partial charge in [0.1, 0.15) is 0 Å². The molecule has 1 atom stereocenters. The smallest absolute Gasteiger partial charge is 0.303 e. The van der Waals surface area contributed by atoms with E-state index < -0.39 is 5.97 Å². The Labute approximate surface area is 125 Å². The van der Waals surface area contributed by atoms with E-state index in [1.54, 1.807) is 18.2 Å². The Balaban J connectivity index is 2.46. The molecule has 104 valence electrons. The van der Waals surface area contributed by atoms with Gasteiger partial charge in [0.25, 0.3) is 5.91 Å². The number of hydrogen-bond acceptors (Lipinski definition) is 2. The Morgan fingerprint density at radius 3 is 2.74 bits per heavy atom. The molecule has 1 rings (SSSR count). The highest BCUT2D eigenvalue weighted by molar-refractivity contribution is 9.10. The van der Waals surface area contributed by atoms with Crippen molar-refractivity contribution in [1.29, 1.82) is 0 Å². The van der Waals surface area contributed by atoms with Crippen LogP contribution >= 0.6 is 27.5 Å². The molecule has 0 aromatic heterocycles. The quantitative estimate of drug-likeness (QED) is 0.828. The van der Waals surface area contributed by atoms with Crippen molar-refractivity contribution in [2.24, 2.45) is 5.92 Å². The Hall–Kier alpha value is -1.07. The molecule has 0 aliphatic carbocycles. The fourth-order valence-corrected chi connectivity index (χ4v) is 1.91. The molecule has 0 aliphatic heterocycles. The van der Waals surface area contributed by atoms with Crippen LogP contribution in [-0.4, -0.2) is 23.5 Å².